The third kappa shape index (κ3) is 7.09. The molecule has 220 valence electrons. The molecule has 0 saturated carbocycles. The quantitative estimate of drug-likeness (QED) is 0.457. The number of rotatable bonds is 4. The third-order valence-corrected chi connectivity index (χ3v) is 7.93. The van der Waals surface area contributed by atoms with Gasteiger partial charge in [-0.1, -0.05) is 12.1 Å². The van der Waals surface area contributed by atoms with Gasteiger partial charge in [0.15, 0.2) is 0 Å². The molecule has 0 N–H and O–H groups in total. The van der Waals surface area contributed by atoms with E-state index >= 15 is 0 Å². The molecule has 5 rings (SSSR count). The van der Waals surface area contributed by atoms with E-state index in [0.717, 1.165) is 47.5 Å². The summed E-state index contributed by atoms with van der Waals surface area (Å²) in [5.74, 6) is 0.291. The molecule has 2 aromatic carbocycles. The van der Waals surface area contributed by atoms with E-state index in [0.29, 0.717) is 63.7 Å². The number of ether oxygens (including phenoxy) is 1. The van der Waals surface area contributed by atoms with Crippen molar-refractivity contribution in [2.24, 2.45) is 10.9 Å². The average Bonchev–Trinajstić information content (AvgIpc) is 3.36. The molecule has 41 heavy (non-hydrogen) atoms. The van der Waals surface area contributed by atoms with Crippen molar-refractivity contribution >= 4 is 23.4 Å². The predicted octanol–water partition coefficient (Wildman–Crippen LogP) is 5.94. The summed E-state index contributed by atoms with van der Waals surface area (Å²) in [7, 11) is 0. The summed E-state index contributed by atoms with van der Waals surface area (Å²) < 4.78 is 44.0. The van der Waals surface area contributed by atoms with Crippen LogP contribution < -0.4 is 0 Å². The third-order valence-electron chi connectivity index (χ3n) is 7.93. The lowest BCUT2D eigenvalue weighted by Gasteiger charge is -2.35. The molecule has 0 bridgehead atoms. The fraction of sp³-hybridized carbons (Fsp3) is 0.516. The summed E-state index contributed by atoms with van der Waals surface area (Å²) in [6.45, 7) is 9.89. The maximum absolute atomic E-state index is 13.3. The Bertz CT molecular complexity index is 1300. The van der Waals surface area contributed by atoms with E-state index in [1.807, 2.05) is 43.9 Å². The van der Waals surface area contributed by atoms with Gasteiger partial charge in [0.2, 0.25) is 0 Å². The molecule has 2 amide bonds. The summed E-state index contributed by atoms with van der Waals surface area (Å²) in [4.78, 5) is 36.3. The van der Waals surface area contributed by atoms with Crippen molar-refractivity contribution in [1.29, 1.82) is 0 Å². The summed E-state index contributed by atoms with van der Waals surface area (Å²) in [5.41, 5.74) is 3.40. The number of hydrogen-bond acceptors (Lipinski definition) is 5. The van der Waals surface area contributed by atoms with Crippen molar-refractivity contribution in [2.75, 3.05) is 39.3 Å². The van der Waals surface area contributed by atoms with Crippen LogP contribution in [0.15, 0.2) is 47.5 Å². The lowest BCUT2D eigenvalue weighted by Crippen LogP contribution is -2.48. The fourth-order valence-electron chi connectivity index (χ4n) is 5.66. The van der Waals surface area contributed by atoms with Gasteiger partial charge in [0, 0.05) is 69.4 Å². The number of piperidine rings is 1. The Morgan fingerprint density at radius 1 is 0.902 bits per heavy atom. The van der Waals surface area contributed by atoms with Gasteiger partial charge >= 0.3 is 12.3 Å². The van der Waals surface area contributed by atoms with Crippen LogP contribution in [0.5, 0.6) is 0 Å². The number of alkyl halides is 3. The number of carbonyl (C=O) groups is 2. The minimum absolute atomic E-state index is 0.0129. The second kappa shape index (κ2) is 11.5. The molecule has 0 aliphatic carbocycles. The van der Waals surface area contributed by atoms with Crippen molar-refractivity contribution in [1.82, 2.24) is 14.7 Å². The Labute approximate surface area is 239 Å². The molecule has 3 aliphatic heterocycles. The topological polar surface area (TPSA) is 65.5 Å². The number of piperazine rings is 1. The number of carbonyl (C=O) groups excluding carboxylic acids is 2. The molecule has 0 radical (unpaired) electrons. The van der Waals surface area contributed by atoms with Gasteiger partial charge < -0.3 is 14.5 Å². The molecule has 3 aliphatic rings. The number of aliphatic imine (C=N–C) groups is 1. The number of amides is 2. The molecule has 10 heteroatoms. The monoisotopic (exact) mass is 570 g/mol. The van der Waals surface area contributed by atoms with Gasteiger partial charge in [-0.3, -0.25) is 14.7 Å². The molecular formula is C31H37F3N4O3. The van der Waals surface area contributed by atoms with Crippen LogP contribution in [0.2, 0.25) is 0 Å². The number of hydrogen-bond donors (Lipinski definition) is 0. The van der Waals surface area contributed by atoms with Crippen molar-refractivity contribution in [2.45, 2.75) is 58.4 Å². The van der Waals surface area contributed by atoms with E-state index in [1.165, 1.54) is 12.1 Å². The Morgan fingerprint density at radius 2 is 1.56 bits per heavy atom. The summed E-state index contributed by atoms with van der Waals surface area (Å²) in [6, 6.07) is 11.0. The Kier molecular flexibility index (Phi) is 8.14. The summed E-state index contributed by atoms with van der Waals surface area (Å²) in [6.07, 6.45) is -2.20. The molecule has 0 atom stereocenters. The average molecular weight is 571 g/mol. The first-order chi connectivity index (χ1) is 19.4. The maximum Gasteiger partial charge on any atom is 0.416 e. The van der Waals surface area contributed by atoms with Crippen LogP contribution in [0.4, 0.5) is 23.7 Å². The number of benzene rings is 2. The number of likely N-dealkylation sites (tertiary alicyclic amines) is 1. The number of fused-ring (bicyclic) bond motifs is 1. The van der Waals surface area contributed by atoms with E-state index in [4.69, 9.17) is 9.73 Å². The first-order valence-corrected chi connectivity index (χ1v) is 14.2. The fourth-order valence-corrected chi connectivity index (χ4v) is 5.66. The molecule has 2 aromatic rings. The Balaban J connectivity index is 1.11. The minimum Gasteiger partial charge on any atom is -0.444 e. The van der Waals surface area contributed by atoms with Gasteiger partial charge in [-0.2, -0.15) is 13.2 Å². The second-order valence-corrected chi connectivity index (χ2v) is 12.1. The molecule has 3 heterocycles. The standard InChI is InChI=1S/C31H37F3N4O3/c1-30(2,3)41-29(40)38-12-10-22(11-13-38)27-19-24-18-23(6-9-26(24)35-27)28(39)37-16-14-36(15-17-37)20-21-4-7-25(8-5-21)31(32,33)34/h4-9,18,22H,10-17,19-20H2,1-3H3. The molecule has 0 aromatic heterocycles. The van der Waals surface area contributed by atoms with Crippen LogP contribution in [0.1, 0.15) is 60.7 Å². The predicted molar refractivity (Wildman–Crippen MR) is 150 cm³/mol. The van der Waals surface area contributed by atoms with E-state index in [1.54, 1.807) is 4.90 Å². The lowest BCUT2D eigenvalue weighted by molar-refractivity contribution is -0.137. The number of halogens is 3. The molecular weight excluding hydrogens is 533 g/mol. The van der Waals surface area contributed by atoms with Crippen LogP contribution >= 0.6 is 0 Å². The lowest BCUT2D eigenvalue weighted by atomic mass is 9.89. The second-order valence-electron chi connectivity index (χ2n) is 12.1. The Morgan fingerprint density at radius 3 is 2.17 bits per heavy atom. The smallest absolute Gasteiger partial charge is 0.416 e. The normalized spacial score (nSPS) is 18.7. The summed E-state index contributed by atoms with van der Waals surface area (Å²) in [5, 5.41) is 0. The zero-order valence-corrected chi connectivity index (χ0v) is 23.8. The van der Waals surface area contributed by atoms with Crippen molar-refractivity contribution in [3.8, 4) is 0 Å². The van der Waals surface area contributed by atoms with E-state index < -0.39 is 17.3 Å². The Hall–Kier alpha value is -3.40. The highest BCUT2D eigenvalue weighted by Gasteiger charge is 2.32. The SMILES string of the molecule is CC(C)(C)OC(=O)N1CCC(C2=Nc3ccc(C(=O)N4CCN(Cc5ccc(C(F)(F)F)cc5)CC4)cc3C2)CC1. The van der Waals surface area contributed by atoms with Crippen LogP contribution in [0.3, 0.4) is 0 Å². The highest BCUT2D eigenvalue weighted by atomic mass is 19.4. The maximum atomic E-state index is 13.3. The van der Waals surface area contributed by atoms with Gasteiger partial charge in [0.1, 0.15) is 5.60 Å². The van der Waals surface area contributed by atoms with E-state index in [2.05, 4.69) is 4.90 Å². The van der Waals surface area contributed by atoms with Crippen molar-refractivity contribution in [3.05, 3.63) is 64.7 Å². The summed E-state index contributed by atoms with van der Waals surface area (Å²) >= 11 is 0. The highest BCUT2D eigenvalue weighted by Crippen LogP contribution is 2.34. The van der Waals surface area contributed by atoms with Crippen LogP contribution in [0, 0.1) is 5.92 Å². The first kappa shape index (κ1) is 29.1. The van der Waals surface area contributed by atoms with Gasteiger partial charge in [-0.15, -0.1) is 0 Å². The number of nitrogens with zero attached hydrogens (tertiary/aromatic N) is 4. The molecule has 0 unspecified atom stereocenters. The zero-order valence-electron chi connectivity index (χ0n) is 23.8. The molecule has 7 nitrogen and oxygen atoms in total. The van der Waals surface area contributed by atoms with Crippen molar-refractivity contribution in [3.63, 3.8) is 0 Å². The largest absolute Gasteiger partial charge is 0.444 e. The van der Waals surface area contributed by atoms with Crippen LogP contribution in [-0.2, 0) is 23.9 Å². The van der Waals surface area contributed by atoms with Gasteiger partial charge in [-0.25, -0.2) is 4.79 Å². The van der Waals surface area contributed by atoms with E-state index in [-0.39, 0.29) is 12.0 Å². The zero-order chi connectivity index (χ0) is 29.4. The first-order valence-electron chi connectivity index (χ1n) is 14.2. The van der Waals surface area contributed by atoms with Crippen LogP contribution in [0.25, 0.3) is 0 Å². The minimum atomic E-state index is -4.34. The molecule has 0 spiro atoms. The highest BCUT2D eigenvalue weighted by molar-refractivity contribution is 5.99. The van der Waals surface area contributed by atoms with Gasteiger partial charge in [0.05, 0.1) is 11.3 Å². The van der Waals surface area contributed by atoms with Crippen LogP contribution in [-0.4, -0.2) is 77.3 Å². The van der Waals surface area contributed by atoms with E-state index in [9.17, 15) is 22.8 Å². The van der Waals surface area contributed by atoms with Gasteiger partial charge in [-0.05, 0) is 75.1 Å². The van der Waals surface area contributed by atoms with Gasteiger partial charge in [0.25, 0.3) is 5.91 Å². The van der Waals surface area contributed by atoms with Crippen molar-refractivity contribution < 1.29 is 27.5 Å². The molecule has 2 saturated heterocycles. The molecule has 2 fully saturated rings.